The first kappa shape index (κ1) is 18.8. The van der Waals surface area contributed by atoms with Crippen molar-refractivity contribution in [2.45, 2.75) is 19.3 Å². The summed E-state index contributed by atoms with van der Waals surface area (Å²) in [5.41, 5.74) is 3.13. The number of H-pyrrole nitrogens is 1. The van der Waals surface area contributed by atoms with Crippen LogP contribution in [-0.2, 0) is 4.79 Å². The lowest BCUT2D eigenvalue weighted by atomic mass is 9.93. The molecule has 0 unspecified atom stereocenters. The Morgan fingerprint density at radius 1 is 1.17 bits per heavy atom. The van der Waals surface area contributed by atoms with E-state index in [2.05, 4.69) is 25.9 Å². The highest BCUT2D eigenvalue weighted by Gasteiger charge is 2.30. The Bertz CT molecular complexity index is 1090. The molecule has 6 nitrogen and oxygen atoms in total. The Balaban J connectivity index is 1.22. The van der Waals surface area contributed by atoms with Gasteiger partial charge >= 0.3 is 0 Å². The van der Waals surface area contributed by atoms with Crippen molar-refractivity contribution in [2.75, 3.05) is 31.1 Å². The summed E-state index contributed by atoms with van der Waals surface area (Å²) in [7, 11) is 0. The number of anilines is 1. The molecule has 0 bridgehead atoms. The summed E-state index contributed by atoms with van der Waals surface area (Å²) in [4.78, 5) is 28.9. The highest BCUT2D eigenvalue weighted by molar-refractivity contribution is 5.93. The molecule has 2 aromatic heterocycles. The van der Waals surface area contributed by atoms with E-state index in [9.17, 15) is 9.18 Å². The van der Waals surface area contributed by atoms with Gasteiger partial charge in [0.1, 0.15) is 11.6 Å². The van der Waals surface area contributed by atoms with Crippen molar-refractivity contribution in [1.29, 1.82) is 0 Å². The third-order valence-electron chi connectivity index (χ3n) is 6.23. The highest BCUT2D eigenvalue weighted by atomic mass is 19.1. The van der Waals surface area contributed by atoms with Gasteiger partial charge in [0.2, 0.25) is 5.91 Å². The van der Waals surface area contributed by atoms with Crippen molar-refractivity contribution in [1.82, 2.24) is 19.9 Å². The van der Waals surface area contributed by atoms with Crippen LogP contribution in [0, 0.1) is 11.7 Å². The van der Waals surface area contributed by atoms with E-state index in [1.807, 2.05) is 17.2 Å². The van der Waals surface area contributed by atoms with Gasteiger partial charge in [0.25, 0.3) is 0 Å². The molecule has 5 rings (SSSR count). The second-order valence-corrected chi connectivity index (χ2v) is 7.98. The van der Waals surface area contributed by atoms with Gasteiger partial charge < -0.3 is 14.8 Å². The minimum absolute atomic E-state index is 0.0731. The second kappa shape index (κ2) is 7.89. The molecule has 154 valence electrons. The topological polar surface area (TPSA) is 65.1 Å². The Hall–Kier alpha value is -3.22. The maximum atomic E-state index is 13.4. The predicted molar refractivity (Wildman–Crippen MR) is 114 cm³/mol. The van der Waals surface area contributed by atoms with Crippen molar-refractivity contribution < 1.29 is 9.18 Å². The number of amides is 1. The Labute approximate surface area is 174 Å². The van der Waals surface area contributed by atoms with E-state index in [0.717, 1.165) is 61.2 Å². The van der Waals surface area contributed by atoms with Gasteiger partial charge in [0, 0.05) is 67.2 Å². The maximum Gasteiger partial charge on any atom is 0.226 e. The van der Waals surface area contributed by atoms with Crippen LogP contribution >= 0.6 is 0 Å². The van der Waals surface area contributed by atoms with Gasteiger partial charge in [-0.2, -0.15) is 0 Å². The number of aromatic amines is 1. The quantitative estimate of drug-likeness (QED) is 0.723. The maximum absolute atomic E-state index is 13.4. The zero-order chi connectivity index (χ0) is 20.5. The van der Waals surface area contributed by atoms with Crippen LogP contribution in [0.3, 0.4) is 0 Å². The first-order valence-electron chi connectivity index (χ1n) is 10.4. The molecule has 1 amide bonds. The van der Waals surface area contributed by atoms with Crippen molar-refractivity contribution in [3.8, 4) is 0 Å². The largest absolute Gasteiger partial charge is 0.360 e. The van der Waals surface area contributed by atoms with Gasteiger partial charge in [-0.15, -0.1) is 0 Å². The summed E-state index contributed by atoms with van der Waals surface area (Å²) in [6, 6.07) is 4.83. The number of aromatic nitrogens is 3. The van der Waals surface area contributed by atoms with E-state index >= 15 is 0 Å². The number of rotatable bonds is 3. The third-order valence-corrected chi connectivity index (χ3v) is 6.23. The molecular weight excluding hydrogens is 381 g/mol. The average molecular weight is 405 g/mol. The molecule has 0 aliphatic carbocycles. The fourth-order valence-corrected chi connectivity index (χ4v) is 4.55. The minimum Gasteiger partial charge on any atom is -0.360 e. The lowest BCUT2D eigenvalue weighted by molar-refractivity contribution is -0.135. The molecule has 1 aromatic carbocycles. The molecule has 0 radical (unpaired) electrons. The first-order valence-corrected chi connectivity index (χ1v) is 10.4. The predicted octanol–water partition coefficient (Wildman–Crippen LogP) is 3.63. The summed E-state index contributed by atoms with van der Waals surface area (Å²) in [5.74, 6) is 0.970. The number of halogens is 1. The summed E-state index contributed by atoms with van der Waals surface area (Å²) >= 11 is 0. The SMILES string of the molecule is O=C(C1CCN(c2cnccn2)CC1)N1CC=C(c2c[nH]c3cc(F)ccc23)CC1. The van der Waals surface area contributed by atoms with Crippen LogP contribution in [0.4, 0.5) is 10.2 Å². The van der Waals surface area contributed by atoms with Crippen molar-refractivity contribution in [3.63, 3.8) is 0 Å². The van der Waals surface area contributed by atoms with Crippen molar-refractivity contribution >= 4 is 28.2 Å². The molecule has 2 aliphatic heterocycles. The zero-order valence-electron chi connectivity index (χ0n) is 16.7. The molecule has 0 atom stereocenters. The average Bonchev–Trinajstić information content (AvgIpc) is 3.22. The molecule has 4 heterocycles. The number of fused-ring (bicyclic) bond motifs is 1. The van der Waals surface area contributed by atoms with Crippen LogP contribution in [0.15, 0.2) is 49.1 Å². The molecule has 0 spiro atoms. The lowest BCUT2D eigenvalue weighted by Crippen LogP contribution is -2.44. The lowest BCUT2D eigenvalue weighted by Gasteiger charge is -2.35. The van der Waals surface area contributed by atoms with Crippen molar-refractivity contribution in [2.24, 2.45) is 5.92 Å². The van der Waals surface area contributed by atoms with Crippen LogP contribution in [0.1, 0.15) is 24.8 Å². The van der Waals surface area contributed by atoms with Crippen LogP contribution in [0.25, 0.3) is 16.5 Å². The van der Waals surface area contributed by atoms with Crippen LogP contribution in [-0.4, -0.2) is 51.9 Å². The van der Waals surface area contributed by atoms with Crippen molar-refractivity contribution in [3.05, 3.63) is 60.4 Å². The van der Waals surface area contributed by atoms with Crippen LogP contribution in [0.2, 0.25) is 0 Å². The number of piperidine rings is 1. The fraction of sp³-hybridized carbons (Fsp3) is 0.348. The fourth-order valence-electron chi connectivity index (χ4n) is 4.55. The van der Waals surface area contributed by atoms with Gasteiger partial charge in [-0.1, -0.05) is 6.08 Å². The van der Waals surface area contributed by atoms with E-state index in [4.69, 9.17) is 0 Å². The number of benzene rings is 1. The monoisotopic (exact) mass is 405 g/mol. The Kier molecular flexibility index (Phi) is 4.94. The molecule has 1 fully saturated rings. The van der Waals surface area contributed by atoms with Gasteiger partial charge in [-0.25, -0.2) is 9.37 Å². The molecule has 0 saturated carbocycles. The van der Waals surface area contributed by atoms with Crippen LogP contribution < -0.4 is 4.90 Å². The molecular formula is C23H24FN5O. The summed E-state index contributed by atoms with van der Waals surface area (Å²) in [6.07, 6.45) is 11.7. The molecule has 3 aromatic rings. The van der Waals surface area contributed by atoms with Gasteiger partial charge in [-0.05, 0) is 43.0 Å². The Morgan fingerprint density at radius 2 is 2.03 bits per heavy atom. The van der Waals surface area contributed by atoms with E-state index in [1.165, 1.54) is 17.7 Å². The molecule has 30 heavy (non-hydrogen) atoms. The normalized spacial score (nSPS) is 18.0. The zero-order valence-corrected chi connectivity index (χ0v) is 16.7. The number of carbonyl (C=O) groups is 1. The molecule has 2 aliphatic rings. The highest BCUT2D eigenvalue weighted by Crippen LogP contribution is 2.31. The smallest absolute Gasteiger partial charge is 0.226 e. The van der Waals surface area contributed by atoms with Gasteiger partial charge in [0.15, 0.2) is 0 Å². The van der Waals surface area contributed by atoms with E-state index < -0.39 is 0 Å². The van der Waals surface area contributed by atoms with Gasteiger partial charge in [-0.3, -0.25) is 9.78 Å². The summed E-state index contributed by atoms with van der Waals surface area (Å²) in [5, 5.41) is 1.03. The third kappa shape index (κ3) is 3.56. The number of nitrogens with zero attached hydrogens (tertiary/aromatic N) is 4. The Morgan fingerprint density at radius 3 is 2.77 bits per heavy atom. The number of hydrogen-bond acceptors (Lipinski definition) is 4. The minimum atomic E-state index is -0.240. The van der Waals surface area contributed by atoms with E-state index in [1.54, 1.807) is 18.6 Å². The molecule has 1 N–H and O–H groups in total. The summed E-state index contributed by atoms with van der Waals surface area (Å²) < 4.78 is 13.4. The van der Waals surface area contributed by atoms with Gasteiger partial charge in [0.05, 0.1) is 6.20 Å². The second-order valence-electron chi connectivity index (χ2n) is 7.98. The van der Waals surface area contributed by atoms with Crippen LogP contribution in [0.5, 0.6) is 0 Å². The summed E-state index contributed by atoms with van der Waals surface area (Å²) in [6.45, 7) is 3.02. The number of hydrogen-bond donors (Lipinski definition) is 1. The standard InChI is InChI=1S/C23H24FN5O/c24-18-1-2-19-20(14-27-21(19)13-18)16-3-11-29(12-4-16)23(30)17-5-9-28(10-6-17)22-15-25-7-8-26-22/h1-3,7-8,13-15,17,27H,4-6,9-12H2. The van der Waals surface area contributed by atoms with E-state index in [-0.39, 0.29) is 17.6 Å². The molecule has 7 heteroatoms. The van der Waals surface area contributed by atoms with E-state index in [0.29, 0.717) is 6.54 Å². The number of nitrogens with one attached hydrogen (secondary N) is 1. The first-order chi connectivity index (χ1) is 14.7. The molecule has 1 saturated heterocycles. The number of carbonyl (C=O) groups excluding carboxylic acids is 1.